The Labute approximate surface area is 1040 Å². The summed E-state index contributed by atoms with van der Waals surface area (Å²) >= 11 is 0. The Morgan fingerprint density at radius 2 is 0.252 bits per heavy atom. The van der Waals surface area contributed by atoms with E-state index in [-0.39, 0.29) is 242 Å². The fourth-order valence-electron chi connectivity index (χ4n) is 15.1. The van der Waals surface area contributed by atoms with Gasteiger partial charge in [0.2, 0.25) is 62.4 Å². The molecule has 0 amide bonds. The summed E-state index contributed by atoms with van der Waals surface area (Å²) < 4.78 is 240. The summed E-state index contributed by atoms with van der Waals surface area (Å²) in [6, 6.07) is 0. The molecular formula is C102H219KN2Na4O31S7. The van der Waals surface area contributed by atoms with E-state index in [1.54, 1.807) is 4.90 Å². The Bertz CT molecular complexity index is 3020. The van der Waals surface area contributed by atoms with Crippen molar-refractivity contribution in [3.8, 4) is 0 Å². The van der Waals surface area contributed by atoms with Crippen LogP contribution in [0.4, 0.5) is 0 Å². The maximum atomic E-state index is 10.2. The van der Waals surface area contributed by atoms with Crippen molar-refractivity contribution in [3.05, 3.63) is 0 Å². The number of unbranched alkanes of at least 4 members (excludes halogenated alkanes) is 75. The van der Waals surface area contributed by atoms with Crippen LogP contribution in [0.5, 0.6) is 0 Å². The van der Waals surface area contributed by atoms with Crippen molar-refractivity contribution < 1.29 is 305 Å². The SMILES string of the molecule is CCCCCCCCCCCCCCCCCCOS(=O)(=O)[O-].CCCCCCCCCCCCCCCCOS(=O)(=O)[O-].CCCCCCCCCCCCCCOS(=O)(=O)[O-].CCCCCCCCCCCCOS(=O)(=O)O.CCCCCCCCCCCCOS(=O)(=O)[O-].CCCCCCCCCCCCOS(=O)(=O)[O-].CCCCCCCCCCCCOS(=O)(=O)[O-].OCCN(CCO)CCO.[K+].[NH4+].[Na+].[Na+].[Na+].[Na+]. The summed E-state index contributed by atoms with van der Waals surface area (Å²) in [7, 11) is -31.2. The molecule has 147 heavy (non-hydrogen) atoms. The molecule has 33 nitrogen and oxygen atoms in total. The molecule has 0 aromatic heterocycles. The van der Waals surface area contributed by atoms with Crippen LogP contribution < -0.4 is 176 Å². The number of rotatable bonds is 102. The fraction of sp³-hybridized carbons (Fsp3) is 1.00. The van der Waals surface area contributed by atoms with E-state index in [4.69, 9.17) is 19.9 Å². The van der Waals surface area contributed by atoms with Gasteiger partial charge in [0.05, 0.1) is 66.1 Å². The molecule has 0 spiro atoms. The van der Waals surface area contributed by atoms with Gasteiger partial charge in [-0.3, -0.25) is 34.6 Å². The smallest absolute Gasteiger partial charge is 0.726 e. The first-order valence-electron chi connectivity index (χ1n) is 56.1. The zero-order chi connectivity index (χ0) is 107. The summed E-state index contributed by atoms with van der Waals surface area (Å²) in [4.78, 5) is 1.79. The van der Waals surface area contributed by atoms with Crippen LogP contribution in [-0.4, -0.2) is 197 Å². The molecule has 0 aromatic rings. The van der Waals surface area contributed by atoms with E-state index >= 15 is 0 Å². The minimum absolute atomic E-state index is 0. The number of hydrogen-bond acceptors (Lipinski definition) is 31. The molecule has 0 aliphatic rings. The van der Waals surface area contributed by atoms with Gasteiger partial charge in [0, 0.05) is 19.6 Å². The molecule has 0 atom stereocenters. The summed E-state index contributed by atoms with van der Waals surface area (Å²) in [5.74, 6) is 0. The van der Waals surface area contributed by atoms with Gasteiger partial charge in [-0.15, -0.1) is 0 Å². The molecule has 870 valence electrons. The molecule has 0 heterocycles. The molecule has 0 aliphatic heterocycles. The first-order chi connectivity index (χ1) is 67.3. The van der Waals surface area contributed by atoms with Gasteiger partial charge in [0.1, 0.15) is 0 Å². The molecule has 0 fully saturated rings. The van der Waals surface area contributed by atoms with Gasteiger partial charge >= 0.3 is 180 Å². The van der Waals surface area contributed by atoms with E-state index in [0.717, 1.165) is 89.9 Å². The number of quaternary nitrogens is 1. The van der Waals surface area contributed by atoms with Gasteiger partial charge in [-0.2, -0.15) is 8.42 Å². The molecule has 0 aliphatic carbocycles. The van der Waals surface area contributed by atoms with E-state index in [1.165, 1.54) is 392 Å². The van der Waals surface area contributed by atoms with E-state index in [0.29, 0.717) is 64.6 Å². The fourth-order valence-corrected chi connectivity index (χ4v) is 17.4. The van der Waals surface area contributed by atoms with Gasteiger partial charge in [-0.25, -0.2) is 54.7 Å². The van der Waals surface area contributed by atoms with Crippen LogP contribution >= 0.6 is 0 Å². The number of aliphatic hydroxyl groups excluding tert-OH is 3. The molecule has 0 aromatic carbocycles. The van der Waals surface area contributed by atoms with Crippen molar-refractivity contribution in [2.45, 2.75) is 575 Å². The Morgan fingerprint density at radius 1 is 0.170 bits per heavy atom. The van der Waals surface area contributed by atoms with E-state index in [9.17, 15) is 86.2 Å². The normalized spacial score (nSPS) is 11.3. The Kier molecular flexibility index (Phi) is 181. The molecule has 0 radical (unpaired) electrons. The minimum atomic E-state index is -4.49. The van der Waals surface area contributed by atoms with E-state index in [1.807, 2.05) is 0 Å². The Balaban J connectivity index is -0.000000115. The molecule has 0 saturated heterocycles. The molecule has 8 N–H and O–H groups in total. The van der Waals surface area contributed by atoms with Gasteiger partial charge in [-0.1, -0.05) is 530 Å². The summed E-state index contributed by atoms with van der Waals surface area (Å²) in [5, 5.41) is 25.5. The average molecular weight is 2330 g/mol. The monoisotopic (exact) mass is 2320 g/mol. The molecular weight excluding hydrogens is 2100 g/mol. The molecule has 0 unspecified atom stereocenters. The number of hydrogen-bond donors (Lipinski definition) is 5. The van der Waals surface area contributed by atoms with Crippen molar-refractivity contribution in [2.24, 2.45) is 0 Å². The number of nitrogens with zero attached hydrogens (tertiary/aromatic N) is 1. The molecule has 0 saturated carbocycles. The van der Waals surface area contributed by atoms with Crippen molar-refractivity contribution in [2.75, 3.05) is 85.7 Å². The first kappa shape index (κ1) is 182. The number of aliphatic hydroxyl groups is 3. The molecule has 0 bridgehead atoms. The predicted molar refractivity (Wildman–Crippen MR) is 573 cm³/mol. The molecule has 0 rings (SSSR count). The van der Waals surface area contributed by atoms with Crippen LogP contribution in [0.1, 0.15) is 575 Å². The van der Waals surface area contributed by atoms with Crippen LogP contribution in [0.15, 0.2) is 0 Å². The third-order valence-corrected chi connectivity index (χ3v) is 26.5. The minimum Gasteiger partial charge on any atom is -0.726 e. The zero-order valence-electron chi connectivity index (χ0n) is 96.3. The van der Waals surface area contributed by atoms with Crippen molar-refractivity contribution in [3.63, 3.8) is 0 Å². The van der Waals surface area contributed by atoms with Crippen LogP contribution in [-0.2, 0) is 102 Å². The second kappa shape index (κ2) is 147. The van der Waals surface area contributed by atoms with E-state index < -0.39 is 72.8 Å². The van der Waals surface area contributed by atoms with Crippen LogP contribution in [0, 0.1) is 0 Å². The van der Waals surface area contributed by atoms with Crippen molar-refractivity contribution in [1.29, 1.82) is 0 Å². The standard InChI is InChI=1S/C18H38O4S.C16H34O4S.C14H30O4S.4C12H26O4S.C6H15NO3.K.H3N.4Na/c1-2-3-4-5-6-7-8-9-10-11-12-13-14-15-16-17-18-22-23(19,20)21;1-2-3-4-5-6-7-8-9-10-11-12-13-14-15-16-20-21(17,18)19;1-2-3-4-5-6-7-8-9-10-11-12-13-14-18-19(15,16)17;4*1-2-3-4-5-6-7-8-9-10-11-12-16-17(13,14)15;8-4-1-7(2-5-9)3-6-10;;;;;;/h2-18H2,1H3,(H,19,20,21);2-16H2,1H3,(H,17,18,19);2-14H2,1H3,(H,15,16,17);4*2-12H2,1H3,(H,13,14,15);8-10H,1-6H2;;1H3;;;;/q;;;;;;;;+1;;4*+1/p-5. The second-order valence-electron chi connectivity index (χ2n) is 37.2. The van der Waals surface area contributed by atoms with Crippen LogP contribution in [0.2, 0.25) is 0 Å². The summed E-state index contributed by atoms with van der Waals surface area (Å²) in [6.45, 7) is 17.6. The maximum Gasteiger partial charge on any atom is 1.00 e. The maximum absolute atomic E-state index is 10.2. The third kappa shape index (κ3) is 218. The van der Waals surface area contributed by atoms with Gasteiger partial charge < -0.3 is 48.8 Å². The predicted octanol–water partition coefficient (Wildman–Crippen LogP) is 12.4. The van der Waals surface area contributed by atoms with Gasteiger partial charge in [0.15, 0.2) is 0 Å². The average Bonchev–Trinajstić information content (AvgIpc) is 1.02. The quantitative estimate of drug-likeness (QED) is 0.0163. The Hall–Kier alpha value is 4.53. The Morgan fingerprint density at radius 3 is 0.327 bits per heavy atom. The van der Waals surface area contributed by atoms with Crippen molar-refractivity contribution >= 4 is 72.8 Å². The zero-order valence-corrected chi connectivity index (χ0v) is 113. The van der Waals surface area contributed by atoms with Crippen LogP contribution in [0.25, 0.3) is 0 Å². The summed E-state index contributed by atoms with van der Waals surface area (Å²) in [6.07, 6.45) is 99.2. The van der Waals surface area contributed by atoms with Crippen LogP contribution in [0.3, 0.4) is 0 Å². The first-order valence-corrected chi connectivity index (χ1v) is 65.4. The van der Waals surface area contributed by atoms with Crippen molar-refractivity contribution in [1.82, 2.24) is 11.1 Å². The van der Waals surface area contributed by atoms with E-state index in [2.05, 4.69) is 77.7 Å². The third-order valence-electron chi connectivity index (χ3n) is 23.3. The van der Waals surface area contributed by atoms with Gasteiger partial charge in [0.25, 0.3) is 0 Å². The van der Waals surface area contributed by atoms with Gasteiger partial charge in [-0.05, 0) is 44.9 Å². The topological polar surface area (TPSA) is 563 Å². The second-order valence-corrected chi connectivity index (χ2v) is 44.6. The molecule has 45 heteroatoms. The summed E-state index contributed by atoms with van der Waals surface area (Å²) in [5.41, 5.74) is 0. The largest absolute Gasteiger partial charge is 1.00 e.